The Bertz CT molecular complexity index is 1290. The van der Waals surface area contributed by atoms with E-state index in [9.17, 15) is 9.59 Å². The van der Waals surface area contributed by atoms with Crippen molar-refractivity contribution in [1.82, 2.24) is 15.0 Å². The lowest BCUT2D eigenvalue weighted by Gasteiger charge is -2.26. The maximum Gasteiger partial charge on any atom is 0.279 e. The molecule has 2 amide bonds. The van der Waals surface area contributed by atoms with Gasteiger partial charge in [0.25, 0.3) is 5.91 Å². The molecule has 0 spiro atoms. The number of aryl methyl sites for hydroxylation is 1. The van der Waals surface area contributed by atoms with Crippen molar-refractivity contribution in [2.24, 2.45) is 0 Å². The van der Waals surface area contributed by atoms with Crippen molar-refractivity contribution in [3.05, 3.63) is 76.1 Å². The molecule has 2 aromatic heterocycles. The molecular weight excluding hydrogens is 412 g/mol. The number of rotatable bonds is 4. The number of amides is 2. The summed E-state index contributed by atoms with van der Waals surface area (Å²) in [6.07, 6.45) is 1.04. The van der Waals surface area contributed by atoms with Crippen LogP contribution in [-0.4, -0.2) is 33.4 Å². The number of anilines is 1. The quantitative estimate of drug-likeness (QED) is 0.527. The van der Waals surface area contributed by atoms with Crippen LogP contribution in [0.4, 0.5) is 5.13 Å². The Balaban J connectivity index is 1.28. The molecule has 7 nitrogen and oxygen atoms in total. The van der Waals surface area contributed by atoms with Gasteiger partial charge in [-0.15, -0.1) is 0 Å². The monoisotopic (exact) mass is 432 g/mol. The third-order valence-corrected chi connectivity index (χ3v) is 6.38. The van der Waals surface area contributed by atoms with Crippen molar-refractivity contribution in [3.63, 3.8) is 0 Å². The van der Waals surface area contributed by atoms with E-state index in [1.54, 1.807) is 13.0 Å². The van der Waals surface area contributed by atoms with Crippen molar-refractivity contribution >= 4 is 39.1 Å². The summed E-state index contributed by atoms with van der Waals surface area (Å²) in [6.45, 7) is 2.86. The minimum absolute atomic E-state index is 0.0964. The van der Waals surface area contributed by atoms with Crippen LogP contribution in [0, 0.1) is 6.92 Å². The minimum atomic E-state index is -0.355. The number of benzene rings is 2. The average molecular weight is 433 g/mol. The van der Waals surface area contributed by atoms with E-state index >= 15 is 0 Å². The molecule has 1 aliphatic heterocycles. The van der Waals surface area contributed by atoms with Gasteiger partial charge in [0, 0.05) is 23.9 Å². The molecule has 31 heavy (non-hydrogen) atoms. The van der Waals surface area contributed by atoms with Crippen molar-refractivity contribution in [3.8, 4) is 0 Å². The summed E-state index contributed by atoms with van der Waals surface area (Å²) in [5, 5.41) is 9.27. The van der Waals surface area contributed by atoms with Crippen molar-refractivity contribution in [2.75, 3.05) is 11.9 Å². The van der Waals surface area contributed by atoms with Crippen LogP contribution in [0.2, 0.25) is 0 Å². The van der Waals surface area contributed by atoms with Gasteiger partial charge in [-0.1, -0.05) is 59.0 Å². The van der Waals surface area contributed by atoms with Crippen molar-refractivity contribution < 1.29 is 14.1 Å². The van der Waals surface area contributed by atoms with Gasteiger partial charge in [-0.2, -0.15) is 0 Å². The van der Waals surface area contributed by atoms with Crippen LogP contribution in [0.15, 0.2) is 53.1 Å². The summed E-state index contributed by atoms with van der Waals surface area (Å²) in [5.41, 5.74) is 2.19. The van der Waals surface area contributed by atoms with Crippen LogP contribution in [0.25, 0.3) is 10.8 Å². The maximum absolute atomic E-state index is 13.0. The van der Waals surface area contributed by atoms with Gasteiger partial charge in [0.05, 0.1) is 18.7 Å². The van der Waals surface area contributed by atoms with E-state index in [2.05, 4.69) is 33.7 Å². The number of hydrogen-bond donors (Lipinski definition) is 1. The summed E-state index contributed by atoms with van der Waals surface area (Å²) in [4.78, 5) is 32.7. The largest absolute Gasteiger partial charge is 0.361 e. The molecule has 0 atom stereocenters. The molecule has 3 heterocycles. The number of aromatic nitrogens is 2. The highest BCUT2D eigenvalue weighted by Gasteiger charge is 2.25. The molecule has 0 fully saturated rings. The van der Waals surface area contributed by atoms with E-state index in [1.807, 2.05) is 29.2 Å². The zero-order valence-corrected chi connectivity index (χ0v) is 17.7. The third-order valence-electron chi connectivity index (χ3n) is 5.39. The van der Waals surface area contributed by atoms with Crippen molar-refractivity contribution in [2.45, 2.75) is 26.3 Å². The maximum atomic E-state index is 13.0. The number of nitrogens with one attached hydrogen (secondary N) is 1. The number of carbonyl (C=O) groups is 2. The second kappa shape index (κ2) is 7.96. The molecule has 0 saturated carbocycles. The van der Waals surface area contributed by atoms with E-state index in [0.717, 1.165) is 26.9 Å². The highest BCUT2D eigenvalue weighted by Crippen LogP contribution is 2.29. The van der Waals surface area contributed by atoms with Crippen molar-refractivity contribution in [1.29, 1.82) is 0 Å². The first-order chi connectivity index (χ1) is 15.1. The smallest absolute Gasteiger partial charge is 0.279 e. The van der Waals surface area contributed by atoms with Crippen LogP contribution in [0.5, 0.6) is 0 Å². The molecule has 1 N–H and O–H groups in total. The van der Waals surface area contributed by atoms with E-state index in [1.165, 1.54) is 11.3 Å². The fourth-order valence-corrected chi connectivity index (χ4v) is 4.84. The Labute approximate surface area is 182 Å². The second-order valence-corrected chi connectivity index (χ2v) is 8.63. The van der Waals surface area contributed by atoms with E-state index in [-0.39, 0.29) is 17.5 Å². The molecule has 4 aromatic rings. The van der Waals surface area contributed by atoms with Crippen LogP contribution in [0.3, 0.4) is 0 Å². The summed E-state index contributed by atoms with van der Waals surface area (Å²) in [6, 6.07) is 15.8. The number of thiazole rings is 1. The summed E-state index contributed by atoms with van der Waals surface area (Å²) in [7, 11) is 0. The molecule has 8 heteroatoms. The lowest BCUT2D eigenvalue weighted by molar-refractivity contribution is -0.131. The molecule has 0 radical (unpaired) electrons. The highest BCUT2D eigenvalue weighted by atomic mass is 32.1. The first-order valence-corrected chi connectivity index (χ1v) is 10.9. The second-order valence-electron chi connectivity index (χ2n) is 7.55. The number of carbonyl (C=O) groups excluding carboxylic acids is 2. The van der Waals surface area contributed by atoms with Crippen LogP contribution in [-0.2, 0) is 24.2 Å². The van der Waals surface area contributed by atoms with Gasteiger partial charge in [0.15, 0.2) is 10.8 Å². The highest BCUT2D eigenvalue weighted by molar-refractivity contribution is 7.15. The zero-order chi connectivity index (χ0) is 21.4. The number of nitrogens with zero attached hydrogens (tertiary/aromatic N) is 3. The van der Waals surface area contributed by atoms with Gasteiger partial charge in [0.2, 0.25) is 5.91 Å². The van der Waals surface area contributed by atoms with Gasteiger partial charge in [-0.05, 0) is 23.3 Å². The van der Waals surface area contributed by atoms with Gasteiger partial charge in [-0.25, -0.2) is 4.98 Å². The fraction of sp³-hybridized carbons (Fsp3) is 0.217. The molecule has 0 saturated heterocycles. The molecule has 1 aliphatic rings. The lowest BCUT2D eigenvalue weighted by Crippen LogP contribution is -2.36. The number of hydrogen-bond acceptors (Lipinski definition) is 6. The fourth-order valence-electron chi connectivity index (χ4n) is 3.82. The van der Waals surface area contributed by atoms with Crippen LogP contribution >= 0.6 is 11.3 Å². The lowest BCUT2D eigenvalue weighted by atomic mass is 10.0. The predicted octanol–water partition coefficient (Wildman–Crippen LogP) is 3.97. The Morgan fingerprint density at radius 2 is 2.03 bits per heavy atom. The predicted molar refractivity (Wildman–Crippen MR) is 118 cm³/mol. The normalized spacial score (nSPS) is 13.3. The molecule has 0 bridgehead atoms. The van der Waals surface area contributed by atoms with Gasteiger partial charge in [0.1, 0.15) is 5.76 Å². The molecule has 156 valence electrons. The summed E-state index contributed by atoms with van der Waals surface area (Å²) >= 11 is 1.40. The average Bonchev–Trinajstić information content (AvgIpc) is 3.39. The summed E-state index contributed by atoms with van der Waals surface area (Å²) in [5.74, 6) is 0.315. The first-order valence-electron chi connectivity index (χ1n) is 10.0. The molecule has 0 aliphatic carbocycles. The Morgan fingerprint density at radius 1 is 1.19 bits per heavy atom. The Hall–Kier alpha value is -3.52. The summed E-state index contributed by atoms with van der Waals surface area (Å²) < 4.78 is 4.95. The molecule has 5 rings (SSSR count). The van der Waals surface area contributed by atoms with E-state index in [0.29, 0.717) is 36.8 Å². The van der Waals surface area contributed by atoms with Crippen LogP contribution in [0.1, 0.15) is 32.4 Å². The van der Waals surface area contributed by atoms with Gasteiger partial charge < -0.3 is 9.42 Å². The molecular formula is C23H20N4O3S. The van der Waals surface area contributed by atoms with Gasteiger partial charge in [-0.3, -0.25) is 14.9 Å². The minimum Gasteiger partial charge on any atom is -0.361 e. The molecule has 2 aromatic carbocycles. The van der Waals surface area contributed by atoms with E-state index in [4.69, 9.17) is 4.52 Å². The standard InChI is InChI=1S/C23H20N4O3S/c1-14-11-19(26-30-14)22(29)25-23-24-18-9-10-27(13-20(18)31-23)21(28)12-16-7-4-6-15-5-2-3-8-17(15)16/h2-8,11H,9-10,12-13H2,1H3,(H,24,25,29). The zero-order valence-electron chi connectivity index (χ0n) is 16.9. The third kappa shape index (κ3) is 3.94. The first kappa shape index (κ1) is 19.4. The molecule has 0 unspecified atom stereocenters. The van der Waals surface area contributed by atoms with Crippen LogP contribution < -0.4 is 5.32 Å². The number of fused-ring (bicyclic) bond motifs is 2. The topological polar surface area (TPSA) is 88.3 Å². The Morgan fingerprint density at radius 3 is 2.87 bits per heavy atom. The van der Waals surface area contributed by atoms with Gasteiger partial charge >= 0.3 is 0 Å². The van der Waals surface area contributed by atoms with E-state index < -0.39 is 0 Å². The Kier molecular flexibility index (Phi) is 4.99. The SMILES string of the molecule is Cc1cc(C(=O)Nc2nc3c(s2)CN(C(=O)Cc2cccc4ccccc24)CC3)no1.